The van der Waals surface area contributed by atoms with Crippen LogP contribution in [0.2, 0.25) is 0 Å². The minimum absolute atomic E-state index is 0.954. The Hall–Kier alpha value is -0.790. The van der Waals surface area contributed by atoms with E-state index < -0.39 is 0 Å². The van der Waals surface area contributed by atoms with Crippen molar-refractivity contribution in [3.63, 3.8) is 0 Å². The fraction of sp³-hybridized carbons (Fsp3) is 0.500. The van der Waals surface area contributed by atoms with E-state index in [4.69, 9.17) is 0 Å². The molecule has 0 atom stereocenters. The standard InChI is InChI=1S/C6H10N2/c1-5-3-7-6(2)8-4-5/h3H,4H2,1-2H3,(H,7,8). The monoisotopic (exact) mass is 110 g/mol. The molecule has 0 aromatic rings. The summed E-state index contributed by atoms with van der Waals surface area (Å²) in [6.07, 6.45) is 1.89. The van der Waals surface area contributed by atoms with Crippen LogP contribution in [-0.4, -0.2) is 12.4 Å². The van der Waals surface area contributed by atoms with Gasteiger partial charge in [0.1, 0.15) is 0 Å². The first-order valence-corrected chi connectivity index (χ1v) is 2.73. The molecule has 8 heavy (non-hydrogen) atoms. The van der Waals surface area contributed by atoms with Gasteiger partial charge >= 0.3 is 0 Å². The van der Waals surface area contributed by atoms with Crippen molar-refractivity contribution >= 4 is 5.84 Å². The van der Waals surface area contributed by atoms with E-state index in [1.165, 1.54) is 5.57 Å². The SMILES string of the molecule is CC1=CN=C(C)NC1. The lowest BCUT2D eigenvalue weighted by molar-refractivity contribution is 0.944. The van der Waals surface area contributed by atoms with E-state index in [0.717, 1.165) is 12.4 Å². The number of aliphatic imine (C=N–C) groups is 1. The zero-order chi connectivity index (χ0) is 5.98. The Bertz CT molecular complexity index is 127. The third-order valence-electron chi connectivity index (χ3n) is 1.10. The lowest BCUT2D eigenvalue weighted by atomic mass is 10.3. The molecule has 1 N–H and O–H groups in total. The molecule has 1 aliphatic rings. The summed E-state index contributed by atoms with van der Waals surface area (Å²) in [5.74, 6) is 1.01. The van der Waals surface area contributed by atoms with Crippen LogP contribution in [0.5, 0.6) is 0 Å². The zero-order valence-electron chi connectivity index (χ0n) is 5.23. The number of nitrogens with one attached hydrogen (secondary N) is 1. The summed E-state index contributed by atoms with van der Waals surface area (Å²) in [5.41, 5.74) is 1.29. The normalized spacial score (nSPS) is 18.8. The molecule has 0 saturated heterocycles. The van der Waals surface area contributed by atoms with Crippen molar-refractivity contribution in [2.45, 2.75) is 13.8 Å². The highest BCUT2D eigenvalue weighted by Gasteiger charge is 1.94. The fourth-order valence-electron chi connectivity index (χ4n) is 0.566. The first kappa shape index (κ1) is 5.35. The molecule has 0 amide bonds. The summed E-state index contributed by atoms with van der Waals surface area (Å²) in [7, 11) is 0. The zero-order valence-corrected chi connectivity index (χ0v) is 5.23. The van der Waals surface area contributed by atoms with Crippen LogP contribution < -0.4 is 5.32 Å². The first-order valence-electron chi connectivity index (χ1n) is 2.73. The van der Waals surface area contributed by atoms with Gasteiger partial charge in [-0.25, -0.2) is 4.99 Å². The van der Waals surface area contributed by atoms with E-state index in [1.807, 2.05) is 13.1 Å². The molecular weight excluding hydrogens is 100 g/mol. The Balaban J connectivity index is 2.65. The van der Waals surface area contributed by atoms with Crippen molar-refractivity contribution in [3.8, 4) is 0 Å². The molecule has 0 saturated carbocycles. The maximum Gasteiger partial charge on any atom is 0.0986 e. The number of nitrogens with zero attached hydrogens (tertiary/aromatic N) is 1. The molecular formula is C6H10N2. The van der Waals surface area contributed by atoms with Gasteiger partial charge in [0, 0.05) is 12.7 Å². The first-order chi connectivity index (χ1) is 3.79. The highest BCUT2D eigenvalue weighted by atomic mass is 15.0. The molecule has 2 nitrogen and oxygen atoms in total. The Kier molecular flexibility index (Phi) is 1.33. The molecule has 0 radical (unpaired) electrons. The summed E-state index contributed by atoms with van der Waals surface area (Å²) < 4.78 is 0. The van der Waals surface area contributed by atoms with Crippen LogP contribution in [0.15, 0.2) is 16.8 Å². The van der Waals surface area contributed by atoms with Gasteiger partial charge in [-0.3, -0.25) is 0 Å². The predicted molar refractivity (Wildman–Crippen MR) is 34.9 cm³/mol. The topological polar surface area (TPSA) is 24.4 Å². The van der Waals surface area contributed by atoms with Crippen molar-refractivity contribution in [1.29, 1.82) is 0 Å². The molecule has 0 spiro atoms. The van der Waals surface area contributed by atoms with Gasteiger partial charge in [0.25, 0.3) is 0 Å². The Morgan fingerprint density at radius 3 is 2.75 bits per heavy atom. The molecule has 0 unspecified atom stereocenters. The molecule has 0 aromatic carbocycles. The van der Waals surface area contributed by atoms with Gasteiger partial charge in [-0.05, 0) is 19.4 Å². The van der Waals surface area contributed by atoms with E-state index >= 15 is 0 Å². The van der Waals surface area contributed by atoms with Gasteiger partial charge in [0.2, 0.25) is 0 Å². The Morgan fingerprint density at radius 1 is 1.62 bits per heavy atom. The summed E-state index contributed by atoms with van der Waals surface area (Å²) in [6.45, 7) is 4.97. The van der Waals surface area contributed by atoms with Crippen LogP contribution in [0.3, 0.4) is 0 Å². The van der Waals surface area contributed by atoms with E-state index in [0.29, 0.717) is 0 Å². The molecule has 0 bridgehead atoms. The third kappa shape index (κ3) is 1.09. The third-order valence-corrected chi connectivity index (χ3v) is 1.10. The quantitative estimate of drug-likeness (QED) is 0.492. The van der Waals surface area contributed by atoms with Gasteiger partial charge in [0.15, 0.2) is 0 Å². The smallest absolute Gasteiger partial charge is 0.0986 e. The van der Waals surface area contributed by atoms with Gasteiger partial charge in [-0.15, -0.1) is 0 Å². The van der Waals surface area contributed by atoms with E-state index in [-0.39, 0.29) is 0 Å². The van der Waals surface area contributed by atoms with Gasteiger partial charge in [-0.2, -0.15) is 0 Å². The lowest BCUT2D eigenvalue weighted by Gasteiger charge is -2.08. The average molecular weight is 110 g/mol. The van der Waals surface area contributed by atoms with Crippen molar-refractivity contribution in [2.75, 3.05) is 6.54 Å². The van der Waals surface area contributed by atoms with Crippen molar-refractivity contribution in [3.05, 3.63) is 11.8 Å². The van der Waals surface area contributed by atoms with Crippen LogP contribution in [0.4, 0.5) is 0 Å². The molecule has 44 valence electrons. The summed E-state index contributed by atoms with van der Waals surface area (Å²) in [5, 5.41) is 3.11. The molecule has 1 heterocycles. The van der Waals surface area contributed by atoms with Crippen LogP contribution >= 0.6 is 0 Å². The molecule has 1 aliphatic heterocycles. The van der Waals surface area contributed by atoms with Crippen LogP contribution in [0, 0.1) is 0 Å². The minimum Gasteiger partial charge on any atom is -0.370 e. The van der Waals surface area contributed by atoms with Crippen molar-refractivity contribution in [1.82, 2.24) is 5.32 Å². The van der Waals surface area contributed by atoms with Gasteiger partial charge < -0.3 is 5.32 Å². The predicted octanol–water partition coefficient (Wildman–Crippen LogP) is 0.912. The fourth-order valence-corrected chi connectivity index (χ4v) is 0.566. The molecule has 1 rings (SSSR count). The second-order valence-electron chi connectivity index (χ2n) is 2.04. The van der Waals surface area contributed by atoms with Gasteiger partial charge in [-0.1, -0.05) is 0 Å². The summed E-state index contributed by atoms with van der Waals surface area (Å²) in [6, 6.07) is 0. The lowest BCUT2D eigenvalue weighted by Crippen LogP contribution is -2.24. The number of hydrogen-bond donors (Lipinski definition) is 1. The largest absolute Gasteiger partial charge is 0.370 e. The summed E-state index contributed by atoms with van der Waals surface area (Å²) >= 11 is 0. The number of rotatable bonds is 0. The van der Waals surface area contributed by atoms with Crippen LogP contribution in [0.25, 0.3) is 0 Å². The second-order valence-corrected chi connectivity index (χ2v) is 2.04. The Morgan fingerprint density at radius 2 is 2.38 bits per heavy atom. The van der Waals surface area contributed by atoms with Gasteiger partial charge in [0.05, 0.1) is 5.84 Å². The van der Waals surface area contributed by atoms with E-state index in [1.54, 1.807) is 0 Å². The molecule has 0 fully saturated rings. The molecule has 2 heteroatoms. The summed E-state index contributed by atoms with van der Waals surface area (Å²) in [4.78, 5) is 4.05. The maximum absolute atomic E-state index is 4.05. The highest BCUT2D eigenvalue weighted by molar-refractivity contribution is 5.81. The van der Waals surface area contributed by atoms with E-state index in [2.05, 4.69) is 17.2 Å². The van der Waals surface area contributed by atoms with Crippen LogP contribution in [0.1, 0.15) is 13.8 Å². The number of hydrogen-bond acceptors (Lipinski definition) is 2. The molecule has 0 aliphatic carbocycles. The average Bonchev–Trinajstić information content (AvgIpc) is 1.77. The number of amidine groups is 1. The maximum atomic E-state index is 4.05. The molecule has 0 aromatic heterocycles. The van der Waals surface area contributed by atoms with Crippen LogP contribution in [-0.2, 0) is 0 Å². The highest BCUT2D eigenvalue weighted by Crippen LogP contribution is 1.95. The van der Waals surface area contributed by atoms with Crippen molar-refractivity contribution in [2.24, 2.45) is 4.99 Å². The van der Waals surface area contributed by atoms with E-state index in [9.17, 15) is 0 Å². The minimum atomic E-state index is 0.954. The second kappa shape index (κ2) is 1.99. The van der Waals surface area contributed by atoms with Crippen molar-refractivity contribution < 1.29 is 0 Å². The Labute approximate surface area is 49.3 Å².